The third-order valence-corrected chi connectivity index (χ3v) is 3.31. The Bertz CT molecular complexity index is 530. The van der Waals surface area contributed by atoms with Crippen LogP contribution in [0.2, 0.25) is 0 Å². The van der Waals surface area contributed by atoms with Crippen molar-refractivity contribution in [3.05, 3.63) is 24.4 Å². The fourth-order valence-electron chi connectivity index (χ4n) is 2.08. The van der Waals surface area contributed by atoms with E-state index in [-0.39, 0.29) is 0 Å². The monoisotopic (exact) mass is 246 g/mol. The maximum Gasteiger partial charge on any atom is 0.298 e. The van der Waals surface area contributed by atoms with Gasteiger partial charge in [0.05, 0.1) is 5.52 Å². The highest BCUT2D eigenvalue weighted by molar-refractivity contribution is 5.79. The number of carbonyl (C=O) groups is 1. The van der Waals surface area contributed by atoms with Gasteiger partial charge in [-0.3, -0.25) is 9.48 Å². The van der Waals surface area contributed by atoms with E-state index in [1.54, 1.807) is 12.1 Å². The minimum Gasteiger partial charge on any atom is -0.429 e. The van der Waals surface area contributed by atoms with Crippen molar-refractivity contribution < 1.29 is 9.53 Å². The van der Waals surface area contributed by atoms with Gasteiger partial charge in [-0.2, -0.15) is 5.10 Å². The standard InChI is InChI=1S/C14H18N2O2/c1-3-11(4-2)8-16-9-12-5-6-13(18-10-17)7-14(12)15-16/h5-7,9-11H,3-4,8H2,1-2H3. The van der Waals surface area contributed by atoms with Crippen molar-refractivity contribution in [3.8, 4) is 5.75 Å². The molecule has 1 heterocycles. The van der Waals surface area contributed by atoms with E-state index in [1.807, 2.05) is 16.9 Å². The summed E-state index contributed by atoms with van der Waals surface area (Å²) < 4.78 is 6.80. The summed E-state index contributed by atoms with van der Waals surface area (Å²) in [6.45, 7) is 5.77. The van der Waals surface area contributed by atoms with Gasteiger partial charge in [0.15, 0.2) is 0 Å². The molecule has 0 atom stereocenters. The number of hydrogen-bond acceptors (Lipinski definition) is 3. The van der Waals surface area contributed by atoms with Crippen molar-refractivity contribution in [2.75, 3.05) is 0 Å². The molecule has 0 aliphatic carbocycles. The van der Waals surface area contributed by atoms with Crippen molar-refractivity contribution in [2.45, 2.75) is 33.2 Å². The zero-order valence-electron chi connectivity index (χ0n) is 10.8. The van der Waals surface area contributed by atoms with E-state index in [9.17, 15) is 4.79 Å². The van der Waals surface area contributed by atoms with E-state index in [0.29, 0.717) is 18.1 Å². The van der Waals surface area contributed by atoms with Gasteiger partial charge in [0.1, 0.15) is 5.75 Å². The molecule has 0 spiro atoms. The van der Waals surface area contributed by atoms with Gasteiger partial charge in [0.2, 0.25) is 0 Å². The summed E-state index contributed by atoms with van der Waals surface area (Å²) in [6.07, 6.45) is 4.36. The average Bonchev–Trinajstić information content (AvgIpc) is 2.78. The third kappa shape index (κ3) is 2.70. The number of nitrogens with zero attached hydrogens (tertiary/aromatic N) is 2. The first kappa shape index (κ1) is 12.6. The van der Waals surface area contributed by atoms with Gasteiger partial charge in [-0.05, 0) is 18.1 Å². The fraction of sp³-hybridized carbons (Fsp3) is 0.429. The van der Waals surface area contributed by atoms with Crippen LogP contribution in [0, 0.1) is 5.92 Å². The molecule has 1 aromatic heterocycles. The molecule has 4 heteroatoms. The third-order valence-electron chi connectivity index (χ3n) is 3.31. The Balaban J connectivity index is 2.23. The van der Waals surface area contributed by atoms with Gasteiger partial charge in [-0.1, -0.05) is 26.7 Å². The van der Waals surface area contributed by atoms with Gasteiger partial charge >= 0.3 is 0 Å². The molecule has 0 N–H and O–H groups in total. The lowest BCUT2D eigenvalue weighted by molar-refractivity contribution is -0.120. The molecule has 0 radical (unpaired) electrons. The second kappa shape index (κ2) is 5.67. The maximum absolute atomic E-state index is 10.3. The molecule has 0 unspecified atom stereocenters. The van der Waals surface area contributed by atoms with E-state index >= 15 is 0 Å². The molecule has 4 nitrogen and oxygen atoms in total. The molecule has 1 aromatic carbocycles. The summed E-state index contributed by atoms with van der Waals surface area (Å²) in [5.41, 5.74) is 0.861. The topological polar surface area (TPSA) is 44.1 Å². The van der Waals surface area contributed by atoms with Crippen molar-refractivity contribution >= 4 is 17.4 Å². The molecule has 2 rings (SSSR count). The van der Waals surface area contributed by atoms with Crippen molar-refractivity contribution in [1.82, 2.24) is 9.78 Å². The second-order valence-corrected chi connectivity index (χ2v) is 4.47. The van der Waals surface area contributed by atoms with Crippen LogP contribution in [0.5, 0.6) is 5.75 Å². The Morgan fingerprint density at radius 2 is 2.17 bits per heavy atom. The van der Waals surface area contributed by atoms with E-state index in [4.69, 9.17) is 4.74 Å². The number of hydrogen-bond donors (Lipinski definition) is 0. The van der Waals surface area contributed by atoms with Gasteiger partial charge in [0, 0.05) is 24.2 Å². The Morgan fingerprint density at radius 3 is 2.83 bits per heavy atom. The second-order valence-electron chi connectivity index (χ2n) is 4.47. The van der Waals surface area contributed by atoms with Crippen LogP contribution in [0.1, 0.15) is 26.7 Å². The van der Waals surface area contributed by atoms with Gasteiger partial charge in [0.25, 0.3) is 6.47 Å². The largest absolute Gasteiger partial charge is 0.429 e. The molecule has 0 bridgehead atoms. The summed E-state index contributed by atoms with van der Waals surface area (Å²) in [7, 11) is 0. The lowest BCUT2D eigenvalue weighted by atomic mass is 10.0. The fourth-order valence-corrected chi connectivity index (χ4v) is 2.08. The quantitative estimate of drug-likeness (QED) is 0.736. The van der Waals surface area contributed by atoms with Crippen LogP contribution in [0.3, 0.4) is 0 Å². The predicted octanol–water partition coefficient (Wildman–Crippen LogP) is 3.01. The molecule has 96 valence electrons. The van der Waals surface area contributed by atoms with Crippen LogP contribution in [0.4, 0.5) is 0 Å². The minimum atomic E-state index is 0.433. The summed E-state index contributed by atoms with van der Waals surface area (Å²) in [6, 6.07) is 5.48. The molecule has 0 saturated heterocycles. The Kier molecular flexibility index (Phi) is 3.97. The number of ether oxygens (including phenoxy) is 1. The summed E-state index contributed by atoms with van der Waals surface area (Å²) in [5.74, 6) is 1.19. The molecule has 0 fully saturated rings. The molecular formula is C14H18N2O2. The van der Waals surface area contributed by atoms with E-state index in [0.717, 1.165) is 30.3 Å². The van der Waals surface area contributed by atoms with Crippen LogP contribution in [-0.4, -0.2) is 16.3 Å². The number of carbonyl (C=O) groups excluding carboxylic acids is 1. The van der Waals surface area contributed by atoms with Crippen LogP contribution in [0.15, 0.2) is 24.4 Å². The highest BCUT2D eigenvalue weighted by atomic mass is 16.5. The van der Waals surface area contributed by atoms with E-state index in [1.165, 1.54) is 0 Å². The first-order valence-corrected chi connectivity index (χ1v) is 6.34. The molecule has 0 aliphatic rings. The summed E-state index contributed by atoms with van der Waals surface area (Å²) in [5, 5.41) is 5.58. The SMILES string of the molecule is CCC(CC)Cn1cc2ccc(OC=O)cc2n1. The van der Waals surface area contributed by atoms with Crippen LogP contribution < -0.4 is 4.74 Å². The van der Waals surface area contributed by atoms with Crippen molar-refractivity contribution in [3.63, 3.8) is 0 Å². The molecule has 0 saturated carbocycles. The normalized spacial score (nSPS) is 11.1. The minimum absolute atomic E-state index is 0.433. The van der Waals surface area contributed by atoms with E-state index in [2.05, 4.69) is 18.9 Å². The molecule has 2 aromatic rings. The Labute approximate surface area is 107 Å². The predicted molar refractivity (Wildman–Crippen MR) is 70.5 cm³/mol. The zero-order valence-corrected chi connectivity index (χ0v) is 10.8. The number of aromatic nitrogens is 2. The Morgan fingerprint density at radius 1 is 1.39 bits per heavy atom. The molecule has 0 aliphatic heterocycles. The van der Waals surface area contributed by atoms with Crippen molar-refractivity contribution in [2.24, 2.45) is 5.92 Å². The summed E-state index contributed by atoms with van der Waals surface area (Å²) >= 11 is 0. The average molecular weight is 246 g/mol. The van der Waals surface area contributed by atoms with Gasteiger partial charge in [-0.15, -0.1) is 0 Å². The van der Waals surface area contributed by atoms with Crippen LogP contribution in [0.25, 0.3) is 10.9 Å². The molecular weight excluding hydrogens is 228 g/mol. The lowest BCUT2D eigenvalue weighted by Gasteiger charge is -2.11. The number of fused-ring (bicyclic) bond motifs is 1. The van der Waals surface area contributed by atoms with Crippen LogP contribution >= 0.6 is 0 Å². The highest BCUT2D eigenvalue weighted by Crippen LogP contribution is 2.20. The lowest BCUT2D eigenvalue weighted by Crippen LogP contribution is -2.09. The number of benzene rings is 1. The smallest absolute Gasteiger partial charge is 0.298 e. The van der Waals surface area contributed by atoms with Crippen molar-refractivity contribution in [1.29, 1.82) is 0 Å². The van der Waals surface area contributed by atoms with Gasteiger partial charge < -0.3 is 4.74 Å². The Hall–Kier alpha value is -1.84. The first-order chi connectivity index (χ1) is 8.76. The zero-order chi connectivity index (χ0) is 13.0. The van der Waals surface area contributed by atoms with E-state index < -0.39 is 0 Å². The maximum atomic E-state index is 10.3. The molecule has 0 amide bonds. The first-order valence-electron chi connectivity index (χ1n) is 6.34. The van der Waals surface area contributed by atoms with Crippen LogP contribution in [-0.2, 0) is 11.3 Å². The highest BCUT2D eigenvalue weighted by Gasteiger charge is 2.07. The number of rotatable bonds is 6. The van der Waals surface area contributed by atoms with Gasteiger partial charge in [-0.25, -0.2) is 0 Å². The summed E-state index contributed by atoms with van der Waals surface area (Å²) in [4.78, 5) is 10.3. The molecule has 18 heavy (non-hydrogen) atoms.